The minimum Gasteiger partial charge on any atom is -0.494 e. The highest BCUT2D eigenvalue weighted by atomic mass is 35.5. The number of nitrogens with one attached hydrogen (secondary N) is 1. The predicted octanol–water partition coefficient (Wildman–Crippen LogP) is 2.61. The second-order valence-corrected chi connectivity index (χ2v) is 6.41. The number of methoxy groups -OCH3 is 1. The molecule has 7 heteroatoms. The van der Waals surface area contributed by atoms with Crippen molar-refractivity contribution < 1.29 is 9.53 Å². The number of nitrogens with two attached hydrogens (primary N) is 1. The molecule has 3 N–H and O–H groups in total. The number of halogens is 1. The predicted molar refractivity (Wildman–Crippen MR) is 99.8 cm³/mol. The van der Waals surface area contributed by atoms with Gasteiger partial charge in [0.15, 0.2) is 5.69 Å². The molecule has 136 valence electrons. The molecule has 1 aromatic carbocycles. The van der Waals surface area contributed by atoms with E-state index in [4.69, 9.17) is 10.5 Å². The van der Waals surface area contributed by atoms with Gasteiger partial charge in [0.25, 0.3) is 5.91 Å². The van der Waals surface area contributed by atoms with Crippen LogP contribution in [0.2, 0.25) is 0 Å². The molecular weight excluding hydrogens is 340 g/mol. The molecule has 0 radical (unpaired) electrons. The summed E-state index contributed by atoms with van der Waals surface area (Å²) in [7, 11) is 1.62. The maximum absolute atomic E-state index is 12.4. The van der Waals surface area contributed by atoms with E-state index in [0.717, 1.165) is 42.7 Å². The molecule has 1 amide bonds. The summed E-state index contributed by atoms with van der Waals surface area (Å²) in [4.78, 5) is 12.4. The Morgan fingerprint density at radius 1 is 1.28 bits per heavy atom. The molecule has 1 saturated carbocycles. The van der Waals surface area contributed by atoms with E-state index in [-0.39, 0.29) is 30.4 Å². The number of ether oxygens (including phenoxy) is 1. The third kappa shape index (κ3) is 4.52. The zero-order chi connectivity index (χ0) is 17.1. The number of hydrogen-bond acceptors (Lipinski definition) is 4. The fraction of sp³-hybridized carbons (Fsp3) is 0.444. The van der Waals surface area contributed by atoms with Gasteiger partial charge in [0.2, 0.25) is 0 Å². The van der Waals surface area contributed by atoms with Crippen LogP contribution in [-0.4, -0.2) is 34.9 Å². The summed E-state index contributed by atoms with van der Waals surface area (Å²) in [6.07, 6.45) is 5.56. The first-order valence-corrected chi connectivity index (χ1v) is 8.34. The van der Waals surface area contributed by atoms with E-state index in [1.807, 2.05) is 25.1 Å². The normalized spacial score (nSPS) is 19.8. The highest BCUT2D eigenvalue weighted by Gasteiger charge is 2.21. The van der Waals surface area contributed by atoms with Crippen LogP contribution < -0.4 is 15.8 Å². The van der Waals surface area contributed by atoms with Gasteiger partial charge in [0.1, 0.15) is 11.4 Å². The first kappa shape index (κ1) is 19.3. The number of rotatable bonds is 4. The van der Waals surface area contributed by atoms with Crippen molar-refractivity contribution in [2.24, 2.45) is 5.73 Å². The first-order chi connectivity index (χ1) is 11.6. The van der Waals surface area contributed by atoms with Crippen molar-refractivity contribution in [1.82, 2.24) is 15.1 Å². The monoisotopic (exact) mass is 364 g/mol. The summed E-state index contributed by atoms with van der Waals surface area (Å²) in [6, 6.07) is 8.05. The zero-order valence-electron chi connectivity index (χ0n) is 14.6. The minimum atomic E-state index is -0.138. The first-order valence-electron chi connectivity index (χ1n) is 8.34. The Morgan fingerprint density at radius 3 is 2.68 bits per heavy atom. The van der Waals surface area contributed by atoms with Gasteiger partial charge in [-0.1, -0.05) is 6.07 Å². The van der Waals surface area contributed by atoms with Crippen LogP contribution in [0.15, 0.2) is 30.5 Å². The van der Waals surface area contributed by atoms with Crippen molar-refractivity contribution >= 4 is 18.3 Å². The van der Waals surface area contributed by atoms with E-state index in [2.05, 4.69) is 10.4 Å². The number of amides is 1. The van der Waals surface area contributed by atoms with E-state index in [1.165, 1.54) is 0 Å². The second-order valence-electron chi connectivity index (χ2n) is 6.41. The number of hydrogen-bond donors (Lipinski definition) is 2. The Balaban J connectivity index is 0.00000225. The van der Waals surface area contributed by atoms with Gasteiger partial charge >= 0.3 is 0 Å². The molecule has 0 unspecified atom stereocenters. The third-order valence-electron chi connectivity index (χ3n) is 4.51. The molecular formula is C18H25ClN4O2. The molecule has 1 aromatic heterocycles. The van der Waals surface area contributed by atoms with Crippen molar-refractivity contribution in [3.05, 3.63) is 41.7 Å². The Labute approximate surface area is 154 Å². The number of benzene rings is 1. The van der Waals surface area contributed by atoms with Crippen LogP contribution in [0.5, 0.6) is 5.75 Å². The molecule has 1 fully saturated rings. The van der Waals surface area contributed by atoms with Crippen LogP contribution in [0.25, 0.3) is 5.69 Å². The average Bonchev–Trinajstić information content (AvgIpc) is 3.07. The van der Waals surface area contributed by atoms with Crippen LogP contribution in [0.1, 0.15) is 41.7 Å². The summed E-state index contributed by atoms with van der Waals surface area (Å²) in [5, 5.41) is 7.47. The van der Waals surface area contributed by atoms with Gasteiger partial charge in [-0.15, -0.1) is 12.4 Å². The number of aromatic nitrogens is 2. The second kappa shape index (κ2) is 8.36. The molecule has 25 heavy (non-hydrogen) atoms. The van der Waals surface area contributed by atoms with Crippen LogP contribution >= 0.6 is 12.4 Å². The highest BCUT2D eigenvalue weighted by Crippen LogP contribution is 2.23. The van der Waals surface area contributed by atoms with E-state index in [9.17, 15) is 4.79 Å². The van der Waals surface area contributed by atoms with Gasteiger partial charge in [-0.3, -0.25) is 4.79 Å². The van der Waals surface area contributed by atoms with Crippen molar-refractivity contribution in [1.29, 1.82) is 0 Å². The van der Waals surface area contributed by atoms with Crippen molar-refractivity contribution in [3.63, 3.8) is 0 Å². The summed E-state index contributed by atoms with van der Waals surface area (Å²) in [5.74, 6) is 0.581. The Bertz CT molecular complexity index is 724. The van der Waals surface area contributed by atoms with Crippen LogP contribution in [0.4, 0.5) is 0 Å². The molecule has 2 aromatic rings. The summed E-state index contributed by atoms with van der Waals surface area (Å²) in [5.41, 5.74) is 8.24. The highest BCUT2D eigenvalue weighted by molar-refractivity contribution is 5.92. The number of aryl methyl sites for hydroxylation is 1. The Morgan fingerprint density at radius 2 is 2.00 bits per heavy atom. The van der Waals surface area contributed by atoms with E-state index < -0.39 is 0 Å². The Kier molecular flexibility index (Phi) is 6.45. The van der Waals surface area contributed by atoms with Crippen molar-refractivity contribution in [2.45, 2.75) is 44.7 Å². The lowest BCUT2D eigenvalue weighted by molar-refractivity contribution is 0.0920. The van der Waals surface area contributed by atoms with Gasteiger partial charge in [0.05, 0.1) is 7.11 Å². The van der Waals surface area contributed by atoms with Gasteiger partial charge in [0, 0.05) is 18.3 Å². The van der Waals surface area contributed by atoms with Gasteiger partial charge in [-0.2, -0.15) is 5.10 Å². The summed E-state index contributed by atoms with van der Waals surface area (Å²) < 4.78 is 7.06. The van der Waals surface area contributed by atoms with E-state index >= 15 is 0 Å². The van der Waals surface area contributed by atoms with Crippen LogP contribution in [0.3, 0.4) is 0 Å². The summed E-state index contributed by atoms with van der Waals surface area (Å²) >= 11 is 0. The molecule has 6 nitrogen and oxygen atoms in total. The molecule has 0 bridgehead atoms. The molecule has 1 aliphatic rings. The van der Waals surface area contributed by atoms with Crippen LogP contribution in [0, 0.1) is 6.92 Å². The van der Waals surface area contributed by atoms with Gasteiger partial charge in [-0.25, -0.2) is 4.68 Å². The third-order valence-corrected chi connectivity index (χ3v) is 4.51. The molecule has 1 aliphatic carbocycles. The Hall–Kier alpha value is -2.05. The topological polar surface area (TPSA) is 82.2 Å². The van der Waals surface area contributed by atoms with E-state index in [0.29, 0.717) is 5.69 Å². The number of carbonyl (C=O) groups excluding carboxylic acids is 1. The number of carbonyl (C=O) groups is 1. The summed E-state index contributed by atoms with van der Waals surface area (Å²) in [6.45, 7) is 2.01. The molecule has 1 heterocycles. The maximum atomic E-state index is 12.4. The standard InChI is InChI=1S/C18H24N4O2.ClH/c1-12-3-8-17(24-2)16(11-12)22-10-9-15(21-22)18(23)20-14-6-4-13(19)5-7-14;/h3,8-11,13-14H,4-7,19H2,1-2H3,(H,20,23);1H. The lowest BCUT2D eigenvalue weighted by atomic mass is 9.92. The van der Waals surface area contributed by atoms with Crippen molar-refractivity contribution in [3.8, 4) is 11.4 Å². The molecule has 0 saturated heterocycles. The van der Waals surface area contributed by atoms with Gasteiger partial charge in [-0.05, 0) is 56.4 Å². The minimum absolute atomic E-state index is 0. The zero-order valence-corrected chi connectivity index (χ0v) is 15.4. The van der Waals surface area contributed by atoms with E-state index in [1.54, 1.807) is 24.1 Å². The van der Waals surface area contributed by atoms with Crippen molar-refractivity contribution in [2.75, 3.05) is 7.11 Å². The quantitative estimate of drug-likeness (QED) is 0.873. The van der Waals surface area contributed by atoms with Crippen LogP contribution in [-0.2, 0) is 0 Å². The molecule has 3 rings (SSSR count). The largest absolute Gasteiger partial charge is 0.494 e. The fourth-order valence-electron chi connectivity index (χ4n) is 3.08. The average molecular weight is 365 g/mol. The number of nitrogens with zero attached hydrogens (tertiary/aromatic N) is 2. The SMILES string of the molecule is COc1ccc(C)cc1-n1ccc(C(=O)NC2CCC(N)CC2)n1.Cl. The molecule has 0 atom stereocenters. The molecule has 0 aliphatic heterocycles. The fourth-order valence-corrected chi connectivity index (χ4v) is 3.08. The lowest BCUT2D eigenvalue weighted by Crippen LogP contribution is -2.40. The maximum Gasteiger partial charge on any atom is 0.272 e. The smallest absolute Gasteiger partial charge is 0.272 e. The molecule has 0 spiro atoms. The van der Waals surface area contributed by atoms with Gasteiger partial charge < -0.3 is 15.8 Å². The lowest BCUT2D eigenvalue weighted by Gasteiger charge is -2.26.